The highest BCUT2D eigenvalue weighted by Gasteiger charge is 2.66. The molecule has 0 heterocycles. The van der Waals surface area contributed by atoms with Crippen LogP contribution in [0.15, 0.2) is 28.8 Å². The van der Waals surface area contributed by atoms with Crippen LogP contribution in [-0.4, -0.2) is 12.6 Å². The zero-order valence-electron chi connectivity index (χ0n) is 13.9. The minimum Gasteiger partial charge on any atom is -0.493 e. The molecule has 1 aromatic carbocycles. The standard InChI is InChI=1S/C18H22Cl2O3/c1-5-22-15-12(2)7-6-8-13(15)10-23-16(21)18(9-14(19)20)11-17(18,3)4/h6-9H,5,10-11H2,1-4H3. The lowest BCUT2D eigenvalue weighted by Crippen LogP contribution is -2.22. The molecule has 1 aliphatic carbocycles. The van der Waals surface area contributed by atoms with Gasteiger partial charge in [0.2, 0.25) is 0 Å². The molecule has 0 saturated heterocycles. The van der Waals surface area contributed by atoms with Crippen LogP contribution < -0.4 is 4.74 Å². The SMILES string of the molecule is CCOc1c(C)cccc1COC(=O)C1(C=C(Cl)Cl)CC1(C)C. The minimum absolute atomic E-state index is 0.0954. The van der Waals surface area contributed by atoms with E-state index < -0.39 is 5.41 Å². The molecular weight excluding hydrogens is 335 g/mol. The van der Waals surface area contributed by atoms with Gasteiger partial charge in [0.1, 0.15) is 16.8 Å². The zero-order chi connectivity index (χ0) is 17.3. The molecule has 0 radical (unpaired) electrons. The van der Waals surface area contributed by atoms with E-state index >= 15 is 0 Å². The molecular formula is C18H22Cl2O3. The average molecular weight is 357 g/mol. The predicted octanol–water partition coefficient (Wildman–Crippen LogP) is 5.17. The molecule has 23 heavy (non-hydrogen) atoms. The third-order valence-electron chi connectivity index (χ3n) is 4.46. The van der Waals surface area contributed by atoms with Gasteiger partial charge in [-0.05, 0) is 37.3 Å². The number of aryl methyl sites for hydroxylation is 1. The van der Waals surface area contributed by atoms with Crippen molar-refractivity contribution in [1.29, 1.82) is 0 Å². The fourth-order valence-electron chi connectivity index (χ4n) is 2.94. The van der Waals surface area contributed by atoms with E-state index in [0.29, 0.717) is 13.0 Å². The third kappa shape index (κ3) is 3.67. The van der Waals surface area contributed by atoms with Crippen LogP contribution in [0.1, 0.15) is 38.3 Å². The van der Waals surface area contributed by atoms with E-state index in [1.807, 2.05) is 45.9 Å². The van der Waals surface area contributed by atoms with Crippen LogP contribution in [0.2, 0.25) is 0 Å². The summed E-state index contributed by atoms with van der Waals surface area (Å²) in [5, 5.41) is 0. The van der Waals surface area contributed by atoms with Gasteiger partial charge in [-0.25, -0.2) is 0 Å². The molecule has 1 saturated carbocycles. The summed E-state index contributed by atoms with van der Waals surface area (Å²) < 4.78 is 11.3. The number of ether oxygens (including phenoxy) is 2. The van der Waals surface area contributed by atoms with E-state index in [1.54, 1.807) is 6.08 Å². The Morgan fingerprint density at radius 1 is 1.35 bits per heavy atom. The summed E-state index contributed by atoms with van der Waals surface area (Å²) in [4.78, 5) is 12.6. The Bertz CT molecular complexity index is 633. The van der Waals surface area contributed by atoms with Gasteiger partial charge < -0.3 is 9.47 Å². The average Bonchev–Trinajstić information content (AvgIpc) is 3.00. The third-order valence-corrected chi connectivity index (χ3v) is 4.68. The molecule has 5 heteroatoms. The van der Waals surface area contributed by atoms with Crippen LogP contribution in [-0.2, 0) is 16.1 Å². The monoisotopic (exact) mass is 356 g/mol. The summed E-state index contributed by atoms with van der Waals surface area (Å²) >= 11 is 11.6. The number of carbonyl (C=O) groups is 1. The molecule has 0 spiro atoms. The van der Waals surface area contributed by atoms with Gasteiger partial charge in [-0.3, -0.25) is 4.79 Å². The van der Waals surface area contributed by atoms with E-state index in [-0.39, 0.29) is 22.5 Å². The molecule has 0 aromatic heterocycles. The lowest BCUT2D eigenvalue weighted by molar-refractivity contribution is -0.150. The number of rotatable bonds is 6. The van der Waals surface area contributed by atoms with Crippen molar-refractivity contribution >= 4 is 29.2 Å². The van der Waals surface area contributed by atoms with Gasteiger partial charge in [0.05, 0.1) is 12.0 Å². The molecule has 126 valence electrons. The van der Waals surface area contributed by atoms with Crippen LogP contribution >= 0.6 is 23.2 Å². The minimum atomic E-state index is -0.735. The second-order valence-corrected chi connectivity index (χ2v) is 7.55. The number of para-hydroxylation sites is 1. The van der Waals surface area contributed by atoms with Crippen LogP contribution in [0, 0.1) is 17.8 Å². The maximum absolute atomic E-state index is 12.6. The quantitative estimate of drug-likeness (QED) is 0.659. The first kappa shape index (κ1) is 18.2. The first-order valence-corrected chi connectivity index (χ1v) is 8.41. The molecule has 1 aliphatic rings. The first-order valence-electron chi connectivity index (χ1n) is 7.66. The topological polar surface area (TPSA) is 35.5 Å². The second kappa shape index (κ2) is 6.74. The molecule has 0 bridgehead atoms. The fourth-order valence-corrected chi connectivity index (χ4v) is 3.32. The normalized spacial score (nSPS) is 21.5. The molecule has 1 aromatic rings. The van der Waals surface area contributed by atoms with Gasteiger partial charge in [-0.2, -0.15) is 0 Å². The van der Waals surface area contributed by atoms with Gasteiger partial charge in [0.15, 0.2) is 0 Å². The summed E-state index contributed by atoms with van der Waals surface area (Å²) in [5.41, 5.74) is 0.941. The largest absolute Gasteiger partial charge is 0.493 e. The van der Waals surface area contributed by atoms with Crippen molar-refractivity contribution in [2.45, 2.75) is 40.7 Å². The van der Waals surface area contributed by atoms with E-state index in [0.717, 1.165) is 16.9 Å². The van der Waals surface area contributed by atoms with Crippen molar-refractivity contribution in [2.75, 3.05) is 6.61 Å². The van der Waals surface area contributed by atoms with Crippen LogP contribution in [0.25, 0.3) is 0 Å². The Kier molecular flexibility index (Phi) is 5.32. The van der Waals surface area contributed by atoms with Gasteiger partial charge >= 0.3 is 5.97 Å². The van der Waals surface area contributed by atoms with Crippen molar-refractivity contribution in [2.24, 2.45) is 10.8 Å². The van der Waals surface area contributed by atoms with Crippen molar-refractivity contribution in [3.63, 3.8) is 0 Å². The van der Waals surface area contributed by atoms with Crippen molar-refractivity contribution in [3.05, 3.63) is 39.9 Å². The number of benzene rings is 1. The van der Waals surface area contributed by atoms with Crippen LogP contribution in [0.5, 0.6) is 5.75 Å². The van der Waals surface area contributed by atoms with E-state index in [9.17, 15) is 4.79 Å². The van der Waals surface area contributed by atoms with Gasteiger partial charge in [0, 0.05) is 5.56 Å². The lowest BCUT2D eigenvalue weighted by atomic mass is 9.96. The summed E-state index contributed by atoms with van der Waals surface area (Å²) in [5.74, 6) is 0.475. The molecule has 1 fully saturated rings. The second-order valence-electron chi connectivity index (χ2n) is 6.54. The highest BCUT2D eigenvalue weighted by Crippen LogP contribution is 2.65. The van der Waals surface area contributed by atoms with Crippen molar-refractivity contribution < 1.29 is 14.3 Å². The molecule has 0 amide bonds. The van der Waals surface area contributed by atoms with Gasteiger partial charge in [-0.1, -0.05) is 55.2 Å². The molecule has 2 rings (SSSR count). The molecule has 0 aliphatic heterocycles. The first-order chi connectivity index (χ1) is 10.7. The molecule has 3 nitrogen and oxygen atoms in total. The van der Waals surface area contributed by atoms with Gasteiger partial charge in [-0.15, -0.1) is 0 Å². The highest BCUT2D eigenvalue weighted by atomic mass is 35.5. The maximum atomic E-state index is 12.6. The van der Waals surface area contributed by atoms with Crippen molar-refractivity contribution in [1.82, 2.24) is 0 Å². The number of esters is 1. The van der Waals surface area contributed by atoms with Crippen molar-refractivity contribution in [3.8, 4) is 5.75 Å². The molecule has 0 N–H and O–H groups in total. The fraction of sp³-hybridized carbons (Fsp3) is 0.500. The Labute approximate surface area is 147 Å². The van der Waals surface area contributed by atoms with E-state index in [4.69, 9.17) is 32.7 Å². The Hall–Kier alpha value is -1.19. The molecule has 1 unspecified atom stereocenters. The molecule has 1 atom stereocenters. The summed E-state index contributed by atoms with van der Waals surface area (Å²) in [6, 6.07) is 5.80. The smallest absolute Gasteiger partial charge is 0.316 e. The Balaban J connectivity index is 2.14. The van der Waals surface area contributed by atoms with Crippen LogP contribution in [0.4, 0.5) is 0 Å². The number of halogens is 2. The van der Waals surface area contributed by atoms with E-state index in [1.165, 1.54) is 0 Å². The highest BCUT2D eigenvalue weighted by molar-refractivity contribution is 6.56. The number of hydrogen-bond donors (Lipinski definition) is 0. The zero-order valence-corrected chi connectivity index (χ0v) is 15.4. The maximum Gasteiger partial charge on any atom is 0.316 e. The Morgan fingerprint density at radius 2 is 2.00 bits per heavy atom. The predicted molar refractivity (Wildman–Crippen MR) is 92.8 cm³/mol. The number of hydrogen-bond acceptors (Lipinski definition) is 3. The lowest BCUT2D eigenvalue weighted by Gasteiger charge is -2.17. The van der Waals surface area contributed by atoms with E-state index in [2.05, 4.69) is 0 Å². The summed E-state index contributed by atoms with van der Waals surface area (Å²) in [7, 11) is 0. The Morgan fingerprint density at radius 3 is 2.52 bits per heavy atom. The summed E-state index contributed by atoms with van der Waals surface area (Å²) in [6.45, 7) is 8.63. The number of carbonyl (C=O) groups excluding carboxylic acids is 1. The van der Waals surface area contributed by atoms with Gasteiger partial charge in [0.25, 0.3) is 0 Å². The summed E-state index contributed by atoms with van der Waals surface area (Å²) in [6.07, 6.45) is 2.27. The van der Waals surface area contributed by atoms with Crippen LogP contribution in [0.3, 0.4) is 0 Å².